The van der Waals surface area contributed by atoms with E-state index in [1.165, 1.54) is 45.5 Å². The Morgan fingerprint density at radius 1 is 0.509 bits per heavy atom. The summed E-state index contributed by atoms with van der Waals surface area (Å²) in [5.41, 5.74) is 13.6. The highest BCUT2D eigenvalue weighted by Gasteiger charge is 2.33. The molecule has 0 saturated heterocycles. The maximum absolute atomic E-state index is 15.6. The van der Waals surface area contributed by atoms with E-state index in [1.54, 1.807) is 12.1 Å². The first kappa shape index (κ1) is 34.9. The molecule has 0 bridgehead atoms. The van der Waals surface area contributed by atoms with Gasteiger partial charge >= 0.3 is 0 Å². The van der Waals surface area contributed by atoms with Gasteiger partial charge in [-0.15, -0.1) is 0 Å². The first-order chi connectivity index (χ1) is 26.0. The van der Waals surface area contributed by atoms with E-state index in [2.05, 4.69) is 86.7 Å². The van der Waals surface area contributed by atoms with E-state index in [0.717, 1.165) is 35.1 Å². The van der Waals surface area contributed by atoms with E-state index in [9.17, 15) is 0 Å². The molecule has 4 aromatic carbocycles. The highest BCUT2D eigenvalue weighted by Crippen LogP contribution is 2.47. The van der Waals surface area contributed by atoms with Crippen LogP contribution in [0.25, 0.3) is 22.3 Å². The Labute approximate surface area is 315 Å². The van der Waals surface area contributed by atoms with Gasteiger partial charge in [-0.2, -0.15) is 0 Å². The van der Waals surface area contributed by atoms with Crippen LogP contribution in [0, 0.1) is 23.5 Å². The smallest absolute Gasteiger partial charge is 0.131 e. The molecule has 8 rings (SSSR count). The Hall–Kier alpha value is -5.12. The molecule has 0 saturated carbocycles. The Bertz CT molecular complexity index is 2100. The van der Waals surface area contributed by atoms with E-state index in [1.807, 2.05) is 72.8 Å². The van der Waals surface area contributed by atoms with Gasteiger partial charge in [-0.05, 0) is 69.5 Å². The fourth-order valence-electron chi connectivity index (χ4n) is 9.05. The summed E-state index contributed by atoms with van der Waals surface area (Å²) in [5.74, 6) is 0.541. The lowest BCUT2D eigenvalue weighted by Crippen LogP contribution is -2.12. The maximum Gasteiger partial charge on any atom is 0.131 e. The number of allylic oxidation sites excluding steroid dienone is 16. The maximum atomic E-state index is 15.6. The highest BCUT2D eigenvalue weighted by molar-refractivity contribution is 6.36. The van der Waals surface area contributed by atoms with E-state index >= 15 is 8.78 Å². The molecule has 4 aliphatic carbocycles. The lowest BCUT2D eigenvalue weighted by molar-refractivity contribution is 0.628. The van der Waals surface area contributed by atoms with Crippen LogP contribution >= 0.6 is 0 Å². The van der Waals surface area contributed by atoms with Crippen molar-refractivity contribution in [3.05, 3.63) is 214 Å². The van der Waals surface area contributed by atoms with Gasteiger partial charge in [0.25, 0.3) is 0 Å². The molecule has 0 heterocycles. The minimum Gasteiger partial charge on any atom is -0.206 e. The second-order valence-corrected chi connectivity index (χ2v) is 16.5. The Morgan fingerprint density at radius 3 is 1.34 bits per heavy atom. The van der Waals surface area contributed by atoms with Crippen LogP contribution in [0.3, 0.4) is 0 Å². The summed E-state index contributed by atoms with van der Waals surface area (Å²) in [4.78, 5) is 0. The predicted octanol–water partition coefficient (Wildman–Crippen LogP) is 12.9. The highest BCUT2D eigenvalue weighted by atomic mass is 28.2. The largest absolute Gasteiger partial charge is 0.206 e. The van der Waals surface area contributed by atoms with Crippen molar-refractivity contribution in [1.29, 1.82) is 0 Å². The first-order valence-electron chi connectivity index (χ1n) is 19.3. The van der Waals surface area contributed by atoms with Gasteiger partial charge in [-0.25, -0.2) is 8.78 Å². The third-order valence-electron chi connectivity index (χ3n) is 11.7. The van der Waals surface area contributed by atoms with E-state index < -0.39 is 9.52 Å². The number of hydrogen-bond acceptors (Lipinski definition) is 0. The van der Waals surface area contributed by atoms with Crippen molar-refractivity contribution in [3.63, 3.8) is 0 Å². The zero-order chi connectivity index (χ0) is 36.3. The third-order valence-corrected chi connectivity index (χ3v) is 13.7. The quantitative estimate of drug-likeness (QED) is 0.144. The summed E-state index contributed by atoms with van der Waals surface area (Å²) < 4.78 is 31.2. The van der Waals surface area contributed by atoms with Gasteiger partial charge in [-0.3, -0.25) is 0 Å². The molecule has 0 spiro atoms. The Balaban J connectivity index is 1.02. The normalized spacial score (nSPS) is 22.0. The molecule has 4 aliphatic rings. The van der Waals surface area contributed by atoms with E-state index in [-0.39, 0.29) is 23.5 Å². The van der Waals surface area contributed by atoms with Crippen LogP contribution in [0.1, 0.15) is 49.7 Å². The van der Waals surface area contributed by atoms with E-state index in [0.29, 0.717) is 23.0 Å². The summed E-state index contributed by atoms with van der Waals surface area (Å²) >= 11 is 0. The molecule has 264 valence electrons. The molecule has 3 heteroatoms. The lowest BCUT2D eigenvalue weighted by atomic mass is 9.87. The summed E-state index contributed by atoms with van der Waals surface area (Å²) in [6.07, 6.45) is 24.6. The molecule has 4 aromatic rings. The number of halogens is 2. The van der Waals surface area contributed by atoms with Crippen molar-refractivity contribution in [1.82, 2.24) is 0 Å². The zero-order valence-corrected chi connectivity index (χ0v) is 32.0. The second-order valence-electron chi connectivity index (χ2n) is 14.7. The van der Waals surface area contributed by atoms with Gasteiger partial charge in [-0.1, -0.05) is 183 Å². The van der Waals surface area contributed by atoms with Gasteiger partial charge in [0.05, 0.1) is 0 Å². The molecular weight excluding hydrogens is 667 g/mol. The summed E-state index contributed by atoms with van der Waals surface area (Å²) in [5, 5.41) is 0. The third kappa shape index (κ3) is 6.91. The fraction of sp³-hybridized carbons (Fsp3) is 0.200. The van der Waals surface area contributed by atoms with Crippen LogP contribution in [-0.4, -0.2) is 9.52 Å². The number of hydrogen-bond donors (Lipinski definition) is 0. The van der Waals surface area contributed by atoms with Crippen molar-refractivity contribution in [2.24, 2.45) is 11.8 Å². The zero-order valence-electron chi connectivity index (χ0n) is 30.6. The Morgan fingerprint density at radius 2 is 0.943 bits per heavy atom. The van der Waals surface area contributed by atoms with Crippen LogP contribution < -0.4 is 0 Å². The summed E-state index contributed by atoms with van der Waals surface area (Å²) in [6.45, 7) is 4.56. The molecule has 4 unspecified atom stereocenters. The van der Waals surface area contributed by atoms with Gasteiger partial charge in [0.1, 0.15) is 11.6 Å². The minimum atomic E-state index is -0.468. The number of benzene rings is 4. The van der Waals surface area contributed by atoms with Crippen LogP contribution in [-0.2, 0) is 0 Å². The van der Waals surface area contributed by atoms with E-state index in [4.69, 9.17) is 0 Å². The molecule has 0 nitrogen and oxygen atoms in total. The molecule has 0 radical (unpaired) electrons. The van der Waals surface area contributed by atoms with Crippen LogP contribution in [0.15, 0.2) is 191 Å². The topological polar surface area (TPSA) is 0 Å². The van der Waals surface area contributed by atoms with Gasteiger partial charge in [0, 0.05) is 44.3 Å². The minimum absolute atomic E-state index is 0.0249. The molecule has 53 heavy (non-hydrogen) atoms. The van der Waals surface area contributed by atoms with Crippen LogP contribution in [0.4, 0.5) is 8.78 Å². The predicted molar refractivity (Wildman–Crippen MR) is 222 cm³/mol. The molecule has 0 N–H and O–H groups in total. The lowest BCUT2D eigenvalue weighted by Gasteiger charge is -2.22. The van der Waals surface area contributed by atoms with Crippen molar-refractivity contribution in [3.8, 4) is 22.3 Å². The monoisotopic (exact) mass is 712 g/mol. The number of rotatable bonds is 10. The van der Waals surface area contributed by atoms with Crippen molar-refractivity contribution in [2.75, 3.05) is 0 Å². The molecular formula is C50H46F2Si. The van der Waals surface area contributed by atoms with Gasteiger partial charge in [0.2, 0.25) is 0 Å². The molecule has 0 amide bonds. The Kier molecular flexibility index (Phi) is 10.2. The molecule has 0 fully saturated rings. The first-order valence-corrected chi connectivity index (χ1v) is 21.3. The SMILES string of the molecule is CCC1=CC2=C(C=CC=CC2c2ccc(-c3ccccc3)c(F)c2)C1C[SiH2]CC1C(CC)=CC2=C1C=CC=CC2c1ccc(-c2ccccc2)c(F)c1. The van der Waals surface area contributed by atoms with Crippen molar-refractivity contribution in [2.45, 2.75) is 50.6 Å². The summed E-state index contributed by atoms with van der Waals surface area (Å²) in [7, 11) is -0.468. The van der Waals surface area contributed by atoms with Crippen molar-refractivity contribution < 1.29 is 8.78 Å². The molecule has 4 atom stereocenters. The van der Waals surface area contributed by atoms with Gasteiger partial charge < -0.3 is 0 Å². The van der Waals surface area contributed by atoms with Crippen LogP contribution in [0.2, 0.25) is 12.1 Å². The molecule has 0 aliphatic heterocycles. The van der Waals surface area contributed by atoms with Crippen LogP contribution in [0.5, 0.6) is 0 Å². The average Bonchev–Trinajstić information content (AvgIpc) is 3.52. The molecule has 0 aromatic heterocycles. The second kappa shape index (κ2) is 15.5. The average molecular weight is 713 g/mol. The fourth-order valence-corrected chi connectivity index (χ4v) is 11.5. The standard InChI is InChI=1S/C50H46F2Si/c1-3-33-27-45-39(37-23-25-41(49(51)29-37)35-15-7-5-8-16-35)19-11-13-21-43(45)47(33)31-53-32-48-34(4-2)28-46-40(20-12-14-22-44(46)48)38-24-26-42(50(52)30-38)36-17-9-6-10-18-36/h5-30,39-40,47-48H,3-4,31-32,53H2,1-2H3. The van der Waals surface area contributed by atoms with Crippen molar-refractivity contribution >= 4 is 9.52 Å². The summed E-state index contributed by atoms with van der Waals surface area (Å²) in [6, 6.07) is 33.6. The van der Waals surface area contributed by atoms with Gasteiger partial charge in [0.15, 0.2) is 0 Å².